The molecule has 0 spiro atoms. The highest BCUT2D eigenvalue weighted by molar-refractivity contribution is 5.47. The fraction of sp³-hybridized carbons (Fsp3) is 0.300. The number of benzene rings is 1. The zero-order valence-corrected chi connectivity index (χ0v) is 8.17. The van der Waals surface area contributed by atoms with Crippen molar-refractivity contribution in [2.45, 2.75) is 19.6 Å². The number of rotatable bonds is 5. The lowest BCUT2D eigenvalue weighted by molar-refractivity contribution is -0.159. The summed E-state index contributed by atoms with van der Waals surface area (Å²) in [6.45, 7) is 0.826. The Morgan fingerprint density at radius 1 is 1.47 bits per heavy atom. The van der Waals surface area contributed by atoms with Crippen LogP contribution >= 0.6 is 0 Å². The van der Waals surface area contributed by atoms with Gasteiger partial charge in [-0.25, -0.2) is 0 Å². The maximum Gasteiger partial charge on any atom is 0.394 e. The van der Waals surface area contributed by atoms with Gasteiger partial charge in [-0.3, -0.25) is 4.79 Å². The summed E-state index contributed by atoms with van der Waals surface area (Å²) in [4.78, 5) is 10.1. The van der Waals surface area contributed by atoms with Crippen molar-refractivity contribution in [3.8, 4) is 5.75 Å². The predicted octanol–water partition coefficient (Wildman–Crippen LogP) is 1.92. The molecule has 82 valence electrons. The summed E-state index contributed by atoms with van der Waals surface area (Å²) in [6.07, 6.45) is -2.72. The van der Waals surface area contributed by atoms with E-state index in [2.05, 4.69) is 10.1 Å². The average molecular weight is 215 g/mol. The molecular weight excluding hydrogens is 204 g/mol. The van der Waals surface area contributed by atoms with Gasteiger partial charge in [0, 0.05) is 19.0 Å². The third-order valence-corrected chi connectivity index (χ3v) is 1.64. The quantitative estimate of drug-likeness (QED) is 0.762. The van der Waals surface area contributed by atoms with Gasteiger partial charge < -0.3 is 10.1 Å². The zero-order valence-electron chi connectivity index (χ0n) is 8.17. The minimum absolute atomic E-state index is 0.0688. The van der Waals surface area contributed by atoms with Gasteiger partial charge in [0.1, 0.15) is 5.75 Å². The molecule has 5 heteroatoms. The lowest BCUT2D eigenvalue weighted by Crippen LogP contribution is -2.21. The van der Waals surface area contributed by atoms with Gasteiger partial charge in [0.2, 0.25) is 6.41 Å². The molecule has 0 bridgehead atoms. The topological polar surface area (TPSA) is 38.3 Å². The molecule has 0 aliphatic carbocycles. The van der Waals surface area contributed by atoms with Crippen LogP contribution in [0.1, 0.15) is 12.5 Å². The molecule has 1 N–H and O–H groups in total. The molecule has 0 aliphatic rings. The van der Waals surface area contributed by atoms with Gasteiger partial charge in [-0.05, 0) is 6.07 Å². The van der Waals surface area contributed by atoms with E-state index in [9.17, 15) is 13.6 Å². The molecule has 1 aromatic rings. The third-order valence-electron chi connectivity index (χ3n) is 1.64. The molecule has 3 nitrogen and oxygen atoms in total. The molecule has 0 heterocycles. The maximum atomic E-state index is 12.6. The van der Waals surface area contributed by atoms with Gasteiger partial charge in [-0.2, -0.15) is 8.78 Å². The van der Waals surface area contributed by atoms with Crippen molar-refractivity contribution >= 4 is 6.41 Å². The molecule has 0 unspecified atom stereocenters. The number of amides is 1. The summed E-state index contributed by atoms with van der Waals surface area (Å²) in [6, 6.07) is 6.31. The maximum absolute atomic E-state index is 12.6. The molecule has 0 atom stereocenters. The van der Waals surface area contributed by atoms with E-state index >= 15 is 0 Å². The number of carbonyl (C=O) groups excluding carboxylic acids is 1. The van der Waals surface area contributed by atoms with Crippen molar-refractivity contribution < 1.29 is 18.3 Å². The second kappa shape index (κ2) is 4.72. The molecule has 0 aromatic heterocycles. The Kier molecular flexibility index (Phi) is 3.60. The van der Waals surface area contributed by atoms with Crippen LogP contribution in [-0.4, -0.2) is 12.5 Å². The Bertz CT molecular complexity index is 336. The summed E-state index contributed by atoms with van der Waals surface area (Å²) < 4.78 is 29.6. The van der Waals surface area contributed by atoms with Crippen LogP contribution in [0.5, 0.6) is 5.75 Å². The first-order valence-corrected chi connectivity index (χ1v) is 4.35. The van der Waals surface area contributed by atoms with E-state index in [0.29, 0.717) is 18.9 Å². The summed E-state index contributed by atoms with van der Waals surface area (Å²) >= 11 is 0. The smallest absolute Gasteiger partial charge is 0.394 e. The first kappa shape index (κ1) is 11.4. The van der Waals surface area contributed by atoms with Crippen molar-refractivity contribution in [1.82, 2.24) is 5.32 Å². The first-order chi connectivity index (χ1) is 7.03. The van der Waals surface area contributed by atoms with E-state index in [-0.39, 0.29) is 12.3 Å². The van der Waals surface area contributed by atoms with Gasteiger partial charge in [0.15, 0.2) is 0 Å². The molecule has 1 aromatic carbocycles. The van der Waals surface area contributed by atoms with Gasteiger partial charge in [-0.15, -0.1) is 0 Å². The van der Waals surface area contributed by atoms with E-state index in [0.717, 1.165) is 0 Å². The van der Waals surface area contributed by atoms with Gasteiger partial charge in [0.25, 0.3) is 0 Å². The molecule has 0 radical (unpaired) electrons. The predicted molar refractivity (Wildman–Crippen MR) is 50.6 cm³/mol. The van der Waals surface area contributed by atoms with Gasteiger partial charge in [-0.1, -0.05) is 18.2 Å². The number of hydrogen-bond donors (Lipinski definition) is 1. The summed E-state index contributed by atoms with van der Waals surface area (Å²) in [5.41, 5.74) is 0.506. The van der Waals surface area contributed by atoms with Crippen LogP contribution in [0.4, 0.5) is 8.78 Å². The standard InChI is InChI=1S/C10H11F2NO2/c1-10(11,12)15-9-5-3-2-4-8(9)6-13-7-14/h2-5,7H,6H2,1H3,(H,13,14). The average Bonchev–Trinajstić information content (AvgIpc) is 2.14. The fourth-order valence-corrected chi connectivity index (χ4v) is 1.09. The first-order valence-electron chi connectivity index (χ1n) is 4.35. The third kappa shape index (κ3) is 3.93. The van der Waals surface area contributed by atoms with E-state index in [1.807, 2.05) is 0 Å². The van der Waals surface area contributed by atoms with Crippen LogP contribution in [-0.2, 0) is 11.3 Å². The Morgan fingerprint density at radius 3 is 2.73 bits per heavy atom. The number of para-hydroxylation sites is 1. The van der Waals surface area contributed by atoms with E-state index in [1.165, 1.54) is 6.07 Å². The lowest BCUT2D eigenvalue weighted by Gasteiger charge is -2.15. The highest BCUT2D eigenvalue weighted by Gasteiger charge is 2.24. The van der Waals surface area contributed by atoms with Crippen LogP contribution in [0, 0.1) is 0 Å². The molecule has 0 saturated carbocycles. The molecule has 1 rings (SSSR count). The molecule has 0 saturated heterocycles. The van der Waals surface area contributed by atoms with Crippen molar-refractivity contribution in [2.24, 2.45) is 0 Å². The van der Waals surface area contributed by atoms with Crippen molar-refractivity contribution in [2.75, 3.05) is 0 Å². The lowest BCUT2D eigenvalue weighted by atomic mass is 10.2. The van der Waals surface area contributed by atoms with Gasteiger partial charge >= 0.3 is 6.11 Å². The largest absolute Gasteiger partial charge is 0.432 e. The second-order valence-corrected chi connectivity index (χ2v) is 3.02. The summed E-state index contributed by atoms with van der Waals surface area (Å²) in [7, 11) is 0. The number of ether oxygens (including phenoxy) is 1. The highest BCUT2D eigenvalue weighted by atomic mass is 19.3. The number of nitrogens with one attached hydrogen (secondary N) is 1. The zero-order chi connectivity index (χ0) is 11.3. The van der Waals surface area contributed by atoms with E-state index in [1.54, 1.807) is 18.2 Å². The minimum Gasteiger partial charge on any atom is -0.432 e. The van der Waals surface area contributed by atoms with Gasteiger partial charge in [0.05, 0.1) is 0 Å². The minimum atomic E-state index is -3.22. The molecular formula is C10H11F2NO2. The number of carbonyl (C=O) groups is 1. The monoisotopic (exact) mass is 215 g/mol. The van der Waals surface area contributed by atoms with E-state index < -0.39 is 6.11 Å². The van der Waals surface area contributed by atoms with Crippen molar-refractivity contribution in [3.05, 3.63) is 29.8 Å². The molecule has 1 amide bonds. The molecule has 15 heavy (non-hydrogen) atoms. The fourth-order valence-electron chi connectivity index (χ4n) is 1.09. The van der Waals surface area contributed by atoms with Crippen LogP contribution < -0.4 is 10.1 Å². The molecule has 0 aliphatic heterocycles. The van der Waals surface area contributed by atoms with Crippen molar-refractivity contribution in [3.63, 3.8) is 0 Å². The van der Waals surface area contributed by atoms with Crippen LogP contribution in [0.3, 0.4) is 0 Å². The SMILES string of the molecule is CC(F)(F)Oc1ccccc1CNC=O. The highest BCUT2D eigenvalue weighted by Crippen LogP contribution is 2.24. The van der Waals surface area contributed by atoms with Crippen LogP contribution in [0.25, 0.3) is 0 Å². The Morgan fingerprint density at radius 2 is 2.13 bits per heavy atom. The van der Waals surface area contributed by atoms with E-state index in [4.69, 9.17) is 0 Å². The molecule has 0 fully saturated rings. The number of alkyl halides is 2. The van der Waals surface area contributed by atoms with Crippen LogP contribution in [0.15, 0.2) is 24.3 Å². The summed E-state index contributed by atoms with van der Waals surface area (Å²) in [5, 5.41) is 2.39. The Hall–Kier alpha value is -1.65. The second-order valence-electron chi connectivity index (χ2n) is 3.02. The Labute approximate surface area is 86.0 Å². The Balaban J connectivity index is 2.81. The number of halogens is 2. The normalized spacial score (nSPS) is 10.9. The summed E-state index contributed by atoms with van der Waals surface area (Å²) in [5.74, 6) is 0.0688. The van der Waals surface area contributed by atoms with Crippen molar-refractivity contribution in [1.29, 1.82) is 0 Å². The number of hydrogen-bond acceptors (Lipinski definition) is 2. The van der Waals surface area contributed by atoms with Crippen LogP contribution in [0.2, 0.25) is 0 Å².